The van der Waals surface area contributed by atoms with E-state index in [9.17, 15) is 4.79 Å². The first-order valence-corrected chi connectivity index (χ1v) is 6.05. The maximum Gasteiger partial charge on any atom is 0.228 e. The monoisotopic (exact) mass is 227 g/mol. The second-order valence-electron chi connectivity index (χ2n) is 4.70. The second kappa shape index (κ2) is 5.12. The Morgan fingerprint density at radius 3 is 3.06 bits per heavy atom. The highest BCUT2D eigenvalue weighted by atomic mass is 16.5. The first kappa shape index (κ1) is 11.8. The van der Waals surface area contributed by atoms with Crippen LogP contribution < -0.4 is 11.1 Å². The van der Waals surface area contributed by atoms with E-state index in [1.807, 2.05) is 11.8 Å². The predicted octanol–water partition coefficient (Wildman–Crippen LogP) is -0.829. The van der Waals surface area contributed by atoms with Gasteiger partial charge in [-0.3, -0.25) is 4.79 Å². The van der Waals surface area contributed by atoms with Gasteiger partial charge >= 0.3 is 0 Å². The zero-order valence-corrected chi connectivity index (χ0v) is 9.82. The molecule has 3 atom stereocenters. The quantitative estimate of drug-likeness (QED) is 0.646. The van der Waals surface area contributed by atoms with Gasteiger partial charge in [-0.15, -0.1) is 0 Å². The lowest BCUT2D eigenvalue weighted by Crippen LogP contribution is -2.57. The number of amides is 1. The first-order valence-electron chi connectivity index (χ1n) is 6.05. The van der Waals surface area contributed by atoms with Gasteiger partial charge in [0, 0.05) is 26.2 Å². The molecule has 16 heavy (non-hydrogen) atoms. The zero-order chi connectivity index (χ0) is 11.5. The van der Waals surface area contributed by atoms with Crippen molar-refractivity contribution in [2.45, 2.75) is 25.5 Å². The molecule has 2 aliphatic rings. The van der Waals surface area contributed by atoms with Gasteiger partial charge in [-0.05, 0) is 13.3 Å². The van der Waals surface area contributed by atoms with Crippen molar-refractivity contribution in [3.63, 3.8) is 0 Å². The Morgan fingerprint density at radius 2 is 2.44 bits per heavy atom. The highest BCUT2D eigenvalue weighted by Crippen LogP contribution is 2.22. The number of carbonyl (C=O) groups is 1. The van der Waals surface area contributed by atoms with Gasteiger partial charge in [0.1, 0.15) is 0 Å². The molecule has 0 aliphatic carbocycles. The van der Waals surface area contributed by atoms with Crippen LogP contribution in [-0.4, -0.2) is 55.7 Å². The number of carbonyl (C=O) groups excluding carboxylic acids is 1. The summed E-state index contributed by atoms with van der Waals surface area (Å²) in [5.41, 5.74) is 5.69. The van der Waals surface area contributed by atoms with Crippen molar-refractivity contribution in [3.8, 4) is 0 Å². The number of nitrogens with zero attached hydrogens (tertiary/aromatic N) is 1. The molecule has 1 amide bonds. The summed E-state index contributed by atoms with van der Waals surface area (Å²) in [6.45, 7) is 5.57. The number of ether oxygens (including phenoxy) is 1. The molecule has 2 fully saturated rings. The maximum atomic E-state index is 12.3. The van der Waals surface area contributed by atoms with Gasteiger partial charge in [-0.2, -0.15) is 0 Å². The molecule has 2 aliphatic heterocycles. The molecule has 0 aromatic heterocycles. The van der Waals surface area contributed by atoms with E-state index >= 15 is 0 Å². The highest BCUT2D eigenvalue weighted by Gasteiger charge is 2.34. The van der Waals surface area contributed by atoms with Crippen LogP contribution in [0.4, 0.5) is 0 Å². The van der Waals surface area contributed by atoms with Crippen LogP contribution in [0.5, 0.6) is 0 Å². The summed E-state index contributed by atoms with van der Waals surface area (Å²) >= 11 is 0. The number of piperazine rings is 1. The minimum Gasteiger partial charge on any atom is -0.378 e. The molecule has 5 heteroatoms. The molecule has 92 valence electrons. The third kappa shape index (κ3) is 2.36. The lowest BCUT2D eigenvalue weighted by atomic mass is 10.0. The molecule has 3 unspecified atom stereocenters. The Hall–Kier alpha value is -0.650. The lowest BCUT2D eigenvalue weighted by Gasteiger charge is -2.36. The van der Waals surface area contributed by atoms with Crippen molar-refractivity contribution in [2.75, 3.05) is 32.8 Å². The van der Waals surface area contributed by atoms with Crippen LogP contribution >= 0.6 is 0 Å². The molecule has 2 rings (SSSR count). The van der Waals surface area contributed by atoms with E-state index in [1.165, 1.54) is 0 Å². The Bertz CT molecular complexity index is 260. The van der Waals surface area contributed by atoms with E-state index in [2.05, 4.69) is 5.32 Å². The molecule has 0 bridgehead atoms. The van der Waals surface area contributed by atoms with Crippen LogP contribution in [0.3, 0.4) is 0 Å². The van der Waals surface area contributed by atoms with Crippen molar-refractivity contribution < 1.29 is 9.53 Å². The van der Waals surface area contributed by atoms with Crippen molar-refractivity contribution in [2.24, 2.45) is 11.7 Å². The van der Waals surface area contributed by atoms with Crippen molar-refractivity contribution >= 4 is 5.91 Å². The van der Waals surface area contributed by atoms with Crippen LogP contribution in [0.15, 0.2) is 0 Å². The molecule has 2 heterocycles. The van der Waals surface area contributed by atoms with Gasteiger partial charge in [0.15, 0.2) is 0 Å². The molecule has 5 nitrogen and oxygen atoms in total. The van der Waals surface area contributed by atoms with Crippen molar-refractivity contribution in [1.29, 1.82) is 0 Å². The fourth-order valence-electron chi connectivity index (χ4n) is 2.49. The molecule has 0 radical (unpaired) electrons. The minimum absolute atomic E-state index is 0.0437. The van der Waals surface area contributed by atoms with Crippen LogP contribution in [0.2, 0.25) is 0 Å². The largest absolute Gasteiger partial charge is 0.378 e. The minimum atomic E-state index is 0.0437. The number of hydrogen-bond donors (Lipinski definition) is 2. The summed E-state index contributed by atoms with van der Waals surface area (Å²) in [6.07, 6.45) is 1.06. The average Bonchev–Trinajstić information content (AvgIpc) is 2.75. The summed E-state index contributed by atoms with van der Waals surface area (Å²) < 4.78 is 5.45. The SMILES string of the molecule is CC1CC(C(=O)N2CCNCC2CN)CO1. The number of hydrogen-bond acceptors (Lipinski definition) is 4. The summed E-state index contributed by atoms with van der Waals surface area (Å²) in [7, 11) is 0. The molecule has 0 aromatic rings. The molecule has 0 aromatic carbocycles. The van der Waals surface area contributed by atoms with Gasteiger partial charge in [0.05, 0.1) is 24.7 Å². The first-order chi connectivity index (χ1) is 7.72. The third-order valence-corrected chi connectivity index (χ3v) is 3.45. The average molecular weight is 227 g/mol. The Kier molecular flexibility index (Phi) is 3.78. The van der Waals surface area contributed by atoms with Gasteiger partial charge in [-0.1, -0.05) is 0 Å². The fourth-order valence-corrected chi connectivity index (χ4v) is 2.49. The summed E-state index contributed by atoms with van der Waals surface area (Å²) in [5.74, 6) is 0.267. The third-order valence-electron chi connectivity index (χ3n) is 3.45. The molecular weight excluding hydrogens is 206 g/mol. The predicted molar refractivity (Wildman–Crippen MR) is 60.9 cm³/mol. The van der Waals surface area contributed by atoms with Gasteiger partial charge in [0.25, 0.3) is 0 Å². The fraction of sp³-hybridized carbons (Fsp3) is 0.909. The molecule has 0 spiro atoms. The second-order valence-corrected chi connectivity index (χ2v) is 4.70. The Labute approximate surface area is 96.3 Å². The smallest absolute Gasteiger partial charge is 0.228 e. The van der Waals surface area contributed by atoms with E-state index in [-0.39, 0.29) is 24.0 Å². The molecule has 3 N–H and O–H groups in total. The highest BCUT2D eigenvalue weighted by molar-refractivity contribution is 5.79. The molecule has 2 saturated heterocycles. The normalized spacial score (nSPS) is 35.4. The number of nitrogens with one attached hydrogen (secondary N) is 1. The van der Waals surface area contributed by atoms with E-state index < -0.39 is 0 Å². The van der Waals surface area contributed by atoms with E-state index in [1.54, 1.807) is 0 Å². The van der Waals surface area contributed by atoms with Crippen molar-refractivity contribution in [1.82, 2.24) is 10.2 Å². The summed E-state index contributed by atoms with van der Waals surface area (Å²) in [4.78, 5) is 14.2. The lowest BCUT2D eigenvalue weighted by molar-refractivity contribution is -0.138. The maximum absolute atomic E-state index is 12.3. The van der Waals surface area contributed by atoms with Crippen LogP contribution in [-0.2, 0) is 9.53 Å². The molecular formula is C11H21N3O2. The van der Waals surface area contributed by atoms with Gasteiger partial charge in [-0.25, -0.2) is 0 Å². The van der Waals surface area contributed by atoms with Crippen LogP contribution in [0, 0.1) is 5.92 Å². The number of rotatable bonds is 2. The number of nitrogens with two attached hydrogens (primary N) is 1. The summed E-state index contributed by atoms with van der Waals surface area (Å²) in [5, 5.41) is 3.26. The Morgan fingerprint density at radius 1 is 1.62 bits per heavy atom. The van der Waals surface area contributed by atoms with E-state index in [4.69, 9.17) is 10.5 Å². The van der Waals surface area contributed by atoms with Gasteiger partial charge in [0.2, 0.25) is 5.91 Å². The van der Waals surface area contributed by atoms with Crippen LogP contribution in [0.25, 0.3) is 0 Å². The Balaban J connectivity index is 1.96. The van der Waals surface area contributed by atoms with E-state index in [0.29, 0.717) is 13.2 Å². The van der Waals surface area contributed by atoms with Gasteiger partial charge < -0.3 is 20.7 Å². The standard InChI is InChI=1S/C11H21N3O2/c1-8-4-9(7-16-8)11(15)14-3-2-13-6-10(14)5-12/h8-10,13H,2-7,12H2,1H3. The zero-order valence-electron chi connectivity index (χ0n) is 9.82. The topological polar surface area (TPSA) is 67.6 Å². The molecule has 0 saturated carbocycles. The van der Waals surface area contributed by atoms with E-state index in [0.717, 1.165) is 26.1 Å². The van der Waals surface area contributed by atoms with Crippen molar-refractivity contribution in [3.05, 3.63) is 0 Å². The summed E-state index contributed by atoms with van der Waals surface area (Å²) in [6, 6.07) is 0.150. The van der Waals surface area contributed by atoms with Crippen LogP contribution in [0.1, 0.15) is 13.3 Å².